The van der Waals surface area contributed by atoms with Crippen molar-refractivity contribution >= 4 is 28.2 Å². The van der Waals surface area contributed by atoms with Crippen LogP contribution >= 0.6 is 0 Å². The number of aromatic nitrogens is 4. The SMILES string of the molecule is CN(c1nc(-c2ccnc(Nc3c(F)cccc3F)c2)nc2cncc(C3CC3)c12)C1CCNCC1. The van der Waals surface area contributed by atoms with Crippen LogP contribution in [0.3, 0.4) is 0 Å². The molecule has 1 aliphatic heterocycles. The summed E-state index contributed by atoms with van der Waals surface area (Å²) in [4.78, 5) is 21.0. The molecular formula is C27H27F2N7. The van der Waals surface area contributed by atoms with E-state index >= 15 is 0 Å². The number of benzene rings is 1. The quantitative estimate of drug-likeness (QED) is 0.388. The first-order valence-corrected chi connectivity index (χ1v) is 12.3. The van der Waals surface area contributed by atoms with Crippen LogP contribution in [0.15, 0.2) is 48.9 Å². The normalized spacial score (nSPS) is 16.3. The maximum absolute atomic E-state index is 14.2. The molecule has 0 radical (unpaired) electrons. The smallest absolute Gasteiger partial charge is 0.162 e. The van der Waals surface area contributed by atoms with Gasteiger partial charge in [0.1, 0.15) is 29.0 Å². The maximum Gasteiger partial charge on any atom is 0.162 e. The van der Waals surface area contributed by atoms with Gasteiger partial charge in [0.25, 0.3) is 0 Å². The number of rotatable bonds is 6. The Morgan fingerprint density at radius 1 is 1.00 bits per heavy atom. The van der Waals surface area contributed by atoms with Gasteiger partial charge in [0, 0.05) is 36.4 Å². The van der Waals surface area contributed by atoms with Crippen LogP contribution in [0.25, 0.3) is 22.3 Å². The number of nitrogens with zero attached hydrogens (tertiary/aromatic N) is 5. The van der Waals surface area contributed by atoms with Gasteiger partial charge in [0.05, 0.1) is 11.7 Å². The predicted molar refractivity (Wildman–Crippen MR) is 136 cm³/mol. The van der Waals surface area contributed by atoms with Crippen LogP contribution in [-0.2, 0) is 0 Å². The number of fused-ring (bicyclic) bond motifs is 1. The van der Waals surface area contributed by atoms with Crippen molar-refractivity contribution < 1.29 is 8.78 Å². The summed E-state index contributed by atoms with van der Waals surface area (Å²) in [7, 11) is 2.11. The van der Waals surface area contributed by atoms with E-state index in [4.69, 9.17) is 9.97 Å². The second-order valence-corrected chi connectivity index (χ2v) is 9.51. The standard InChI is InChI=1S/C27H27F2N7/c1-36(18-8-10-30-11-9-18)27-24-19(16-5-6-16)14-31-15-22(24)33-26(35-27)17-7-12-32-23(13-17)34-25-20(28)3-2-4-21(25)29/h2-4,7,12-16,18,30H,5-6,8-11H2,1H3,(H,32,34). The van der Waals surface area contributed by atoms with Crippen LogP contribution < -0.4 is 15.5 Å². The third kappa shape index (κ3) is 4.35. The number of hydrogen-bond acceptors (Lipinski definition) is 7. The number of anilines is 3. The molecule has 184 valence electrons. The summed E-state index contributed by atoms with van der Waals surface area (Å²) in [5.41, 5.74) is 2.46. The molecule has 0 amide bonds. The molecular weight excluding hydrogens is 460 g/mol. The lowest BCUT2D eigenvalue weighted by atomic mass is 10.0. The molecule has 3 aromatic heterocycles. The van der Waals surface area contributed by atoms with E-state index in [2.05, 4.69) is 32.5 Å². The Kier molecular flexibility index (Phi) is 5.92. The molecule has 0 spiro atoms. The number of halogens is 2. The molecule has 6 rings (SSSR count). The molecule has 9 heteroatoms. The van der Waals surface area contributed by atoms with E-state index in [0.717, 1.165) is 55.5 Å². The van der Waals surface area contributed by atoms with Gasteiger partial charge in [-0.3, -0.25) is 4.98 Å². The third-order valence-corrected chi connectivity index (χ3v) is 7.06. The molecule has 1 saturated carbocycles. The Labute approximate surface area is 208 Å². The molecule has 36 heavy (non-hydrogen) atoms. The van der Waals surface area contributed by atoms with E-state index in [0.29, 0.717) is 29.2 Å². The first-order valence-electron chi connectivity index (χ1n) is 12.3. The minimum atomic E-state index is -0.686. The van der Waals surface area contributed by atoms with Gasteiger partial charge < -0.3 is 15.5 Å². The Morgan fingerprint density at radius 2 is 1.78 bits per heavy atom. The van der Waals surface area contributed by atoms with Gasteiger partial charge in [0.2, 0.25) is 0 Å². The average molecular weight is 488 g/mol. The minimum absolute atomic E-state index is 0.244. The number of piperidine rings is 1. The summed E-state index contributed by atoms with van der Waals surface area (Å²) in [5.74, 6) is 0.856. The lowest BCUT2D eigenvalue weighted by Crippen LogP contribution is -2.41. The Bertz CT molecular complexity index is 1400. The van der Waals surface area contributed by atoms with Crippen molar-refractivity contribution in [1.29, 1.82) is 0 Å². The maximum atomic E-state index is 14.2. The molecule has 2 N–H and O–H groups in total. The second kappa shape index (κ2) is 9.39. The van der Waals surface area contributed by atoms with E-state index < -0.39 is 11.6 Å². The Balaban J connectivity index is 1.44. The zero-order chi connectivity index (χ0) is 24.6. The fourth-order valence-electron chi connectivity index (χ4n) is 4.93. The van der Waals surface area contributed by atoms with Crippen molar-refractivity contribution in [2.75, 3.05) is 30.4 Å². The van der Waals surface area contributed by atoms with Gasteiger partial charge in [-0.15, -0.1) is 0 Å². The van der Waals surface area contributed by atoms with Crippen molar-refractivity contribution in [2.45, 2.75) is 37.6 Å². The van der Waals surface area contributed by atoms with E-state index in [9.17, 15) is 8.78 Å². The molecule has 0 atom stereocenters. The Hall–Kier alpha value is -3.72. The van der Waals surface area contributed by atoms with E-state index in [-0.39, 0.29) is 5.69 Å². The average Bonchev–Trinajstić information content (AvgIpc) is 3.76. The van der Waals surface area contributed by atoms with Gasteiger partial charge in [0.15, 0.2) is 5.82 Å². The summed E-state index contributed by atoms with van der Waals surface area (Å²) in [6.07, 6.45) is 9.73. The first-order chi connectivity index (χ1) is 17.6. The highest BCUT2D eigenvalue weighted by molar-refractivity contribution is 5.94. The van der Waals surface area contributed by atoms with Gasteiger partial charge in [-0.05, 0) is 74.5 Å². The molecule has 2 fully saturated rings. The molecule has 1 saturated heterocycles. The van der Waals surface area contributed by atoms with E-state index in [1.54, 1.807) is 24.5 Å². The van der Waals surface area contributed by atoms with Crippen LogP contribution in [0.2, 0.25) is 0 Å². The van der Waals surface area contributed by atoms with Gasteiger partial charge in [-0.25, -0.2) is 23.7 Å². The number of nitrogens with one attached hydrogen (secondary N) is 2. The zero-order valence-corrected chi connectivity index (χ0v) is 20.0. The molecule has 2 aliphatic rings. The highest BCUT2D eigenvalue weighted by Gasteiger charge is 2.30. The van der Waals surface area contributed by atoms with Crippen LogP contribution in [0.4, 0.5) is 26.1 Å². The van der Waals surface area contributed by atoms with Crippen LogP contribution in [0.1, 0.15) is 37.2 Å². The van der Waals surface area contributed by atoms with Gasteiger partial charge in [-0.1, -0.05) is 6.07 Å². The van der Waals surface area contributed by atoms with Crippen LogP contribution in [0, 0.1) is 11.6 Å². The summed E-state index contributed by atoms with van der Waals surface area (Å²) in [6.45, 7) is 1.96. The monoisotopic (exact) mass is 487 g/mol. The first kappa shape index (κ1) is 22.7. The topological polar surface area (TPSA) is 78.9 Å². The van der Waals surface area contributed by atoms with Crippen LogP contribution in [0.5, 0.6) is 0 Å². The minimum Gasteiger partial charge on any atom is -0.356 e. The highest BCUT2D eigenvalue weighted by atomic mass is 19.1. The summed E-state index contributed by atoms with van der Waals surface area (Å²) in [6, 6.07) is 7.61. The van der Waals surface area contributed by atoms with Crippen LogP contribution in [-0.4, -0.2) is 46.1 Å². The molecule has 1 aromatic carbocycles. The molecule has 0 unspecified atom stereocenters. The van der Waals surface area contributed by atoms with Crippen molar-refractivity contribution in [3.05, 3.63) is 66.1 Å². The van der Waals surface area contributed by atoms with Gasteiger partial charge >= 0.3 is 0 Å². The fraction of sp³-hybridized carbons (Fsp3) is 0.333. The fourth-order valence-corrected chi connectivity index (χ4v) is 4.93. The van der Waals surface area contributed by atoms with Crippen molar-refractivity contribution in [2.24, 2.45) is 0 Å². The van der Waals surface area contributed by atoms with Crippen molar-refractivity contribution in [3.63, 3.8) is 0 Å². The number of para-hydroxylation sites is 1. The molecule has 0 bridgehead atoms. The van der Waals surface area contributed by atoms with E-state index in [1.807, 2.05) is 6.20 Å². The molecule has 4 heterocycles. The predicted octanol–water partition coefficient (Wildman–Crippen LogP) is 5.17. The van der Waals surface area contributed by atoms with Gasteiger partial charge in [-0.2, -0.15) is 0 Å². The zero-order valence-electron chi connectivity index (χ0n) is 20.0. The summed E-state index contributed by atoms with van der Waals surface area (Å²) >= 11 is 0. The molecule has 7 nitrogen and oxygen atoms in total. The summed E-state index contributed by atoms with van der Waals surface area (Å²) in [5, 5.41) is 7.26. The second-order valence-electron chi connectivity index (χ2n) is 9.51. The van der Waals surface area contributed by atoms with E-state index in [1.165, 1.54) is 23.8 Å². The third-order valence-electron chi connectivity index (χ3n) is 7.06. The molecule has 4 aromatic rings. The highest BCUT2D eigenvalue weighted by Crippen LogP contribution is 2.45. The number of hydrogen-bond donors (Lipinski definition) is 2. The largest absolute Gasteiger partial charge is 0.356 e. The lowest BCUT2D eigenvalue weighted by molar-refractivity contribution is 0.442. The Morgan fingerprint density at radius 3 is 2.53 bits per heavy atom. The number of pyridine rings is 2. The summed E-state index contributed by atoms with van der Waals surface area (Å²) < 4.78 is 28.4. The lowest BCUT2D eigenvalue weighted by Gasteiger charge is -2.33. The molecule has 1 aliphatic carbocycles. The van der Waals surface area contributed by atoms with Crippen molar-refractivity contribution in [3.8, 4) is 11.4 Å². The van der Waals surface area contributed by atoms with Crippen molar-refractivity contribution in [1.82, 2.24) is 25.3 Å².